The van der Waals surface area contributed by atoms with Gasteiger partial charge in [-0.3, -0.25) is 4.98 Å². The Balaban J connectivity index is 2.07. The van der Waals surface area contributed by atoms with Crippen molar-refractivity contribution < 1.29 is 4.74 Å². The van der Waals surface area contributed by atoms with Crippen molar-refractivity contribution in [3.63, 3.8) is 0 Å². The molecule has 0 unspecified atom stereocenters. The fourth-order valence-electron chi connectivity index (χ4n) is 1.77. The van der Waals surface area contributed by atoms with E-state index in [0.717, 1.165) is 25.2 Å². The van der Waals surface area contributed by atoms with E-state index < -0.39 is 0 Å². The SMILES string of the molecule is CCNc1nc(OC)nc(N(C)CCc2ccccn2)n1. The fourth-order valence-corrected chi connectivity index (χ4v) is 1.77. The molecule has 0 fully saturated rings. The quantitative estimate of drug-likeness (QED) is 0.825. The van der Waals surface area contributed by atoms with Gasteiger partial charge >= 0.3 is 6.01 Å². The lowest BCUT2D eigenvalue weighted by molar-refractivity contribution is 0.379. The van der Waals surface area contributed by atoms with Crippen molar-refractivity contribution in [2.45, 2.75) is 13.3 Å². The fraction of sp³-hybridized carbons (Fsp3) is 0.429. The third-order valence-electron chi connectivity index (χ3n) is 2.89. The number of pyridine rings is 1. The van der Waals surface area contributed by atoms with E-state index in [1.807, 2.05) is 37.1 Å². The van der Waals surface area contributed by atoms with Gasteiger partial charge in [0.05, 0.1) is 7.11 Å². The Morgan fingerprint density at radius 3 is 2.76 bits per heavy atom. The summed E-state index contributed by atoms with van der Waals surface area (Å²) in [5, 5.41) is 3.07. The Hall–Kier alpha value is -2.44. The molecule has 2 rings (SSSR count). The van der Waals surface area contributed by atoms with E-state index in [9.17, 15) is 0 Å². The lowest BCUT2D eigenvalue weighted by atomic mass is 10.2. The van der Waals surface area contributed by atoms with Crippen molar-refractivity contribution in [3.05, 3.63) is 30.1 Å². The number of ether oxygens (including phenoxy) is 1. The van der Waals surface area contributed by atoms with Gasteiger partial charge in [-0.15, -0.1) is 0 Å². The van der Waals surface area contributed by atoms with Gasteiger partial charge in [-0.05, 0) is 19.1 Å². The molecule has 1 N–H and O–H groups in total. The van der Waals surface area contributed by atoms with Crippen LogP contribution < -0.4 is 15.0 Å². The molecular formula is C14H20N6O. The van der Waals surface area contributed by atoms with Crippen molar-refractivity contribution in [1.82, 2.24) is 19.9 Å². The number of hydrogen-bond acceptors (Lipinski definition) is 7. The number of likely N-dealkylation sites (N-methyl/N-ethyl adjacent to an activating group) is 1. The number of rotatable bonds is 7. The lowest BCUT2D eigenvalue weighted by Gasteiger charge is -2.17. The summed E-state index contributed by atoms with van der Waals surface area (Å²) >= 11 is 0. The number of methoxy groups -OCH3 is 1. The molecule has 0 aromatic carbocycles. The van der Waals surface area contributed by atoms with Crippen LogP contribution in [-0.4, -0.2) is 47.2 Å². The molecule has 0 radical (unpaired) electrons. The van der Waals surface area contributed by atoms with Gasteiger partial charge in [0.1, 0.15) is 0 Å². The summed E-state index contributed by atoms with van der Waals surface area (Å²) in [4.78, 5) is 19.1. The molecule has 0 spiro atoms. The Morgan fingerprint density at radius 1 is 1.24 bits per heavy atom. The van der Waals surface area contributed by atoms with E-state index in [1.165, 1.54) is 0 Å². The highest BCUT2D eigenvalue weighted by molar-refractivity contribution is 5.37. The predicted octanol–water partition coefficient (Wildman–Crippen LogP) is 1.39. The summed E-state index contributed by atoms with van der Waals surface area (Å²) in [5.41, 5.74) is 1.04. The molecular weight excluding hydrogens is 268 g/mol. The Kier molecular flexibility index (Phi) is 5.25. The summed E-state index contributed by atoms with van der Waals surface area (Å²) in [6, 6.07) is 6.21. The van der Waals surface area contributed by atoms with Crippen molar-refractivity contribution in [3.8, 4) is 6.01 Å². The van der Waals surface area contributed by atoms with Gasteiger partial charge in [0.25, 0.3) is 0 Å². The van der Waals surface area contributed by atoms with Crippen molar-refractivity contribution in [1.29, 1.82) is 0 Å². The minimum absolute atomic E-state index is 0.306. The first-order chi connectivity index (χ1) is 10.2. The molecule has 0 amide bonds. The van der Waals surface area contributed by atoms with Crippen LogP contribution in [0.5, 0.6) is 6.01 Å². The highest BCUT2D eigenvalue weighted by Crippen LogP contribution is 2.14. The summed E-state index contributed by atoms with van der Waals surface area (Å²) in [5.74, 6) is 1.10. The molecule has 0 bridgehead atoms. The first-order valence-electron chi connectivity index (χ1n) is 6.88. The first kappa shape index (κ1) is 15.0. The molecule has 112 valence electrons. The van der Waals surface area contributed by atoms with Gasteiger partial charge in [-0.1, -0.05) is 6.07 Å². The summed E-state index contributed by atoms with van der Waals surface area (Å²) in [6.07, 6.45) is 2.62. The molecule has 7 heteroatoms. The molecule has 7 nitrogen and oxygen atoms in total. The smallest absolute Gasteiger partial charge is 0.322 e. The molecule has 0 aliphatic heterocycles. The monoisotopic (exact) mass is 288 g/mol. The highest BCUT2D eigenvalue weighted by atomic mass is 16.5. The van der Waals surface area contributed by atoms with E-state index in [1.54, 1.807) is 13.3 Å². The maximum absolute atomic E-state index is 5.11. The highest BCUT2D eigenvalue weighted by Gasteiger charge is 2.10. The van der Waals surface area contributed by atoms with Crippen molar-refractivity contribution >= 4 is 11.9 Å². The van der Waals surface area contributed by atoms with Gasteiger partial charge in [0.15, 0.2) is 0 Å². The maximum atomic E-state index is 5.11. The van der Waals surface area contributed by atoms with Gasteiger partial charge in [-0.2, -0.15) is 15.0 Å². The number of anilines is 2. The third-order valence-corrected chi connectivity index (χ3v) is 2.89. The Bertz CT molecular complexity index is 563. The van der Waals surface area contributed by atoms with Crippen LogP contribution in [0, 0.1) is 0 Å². The predicted molar refractivity (Wildman–Crippen MR) is 81.8 cm³/mol. The second-order valence-electron chi connectivity index (χ2n) is 4.47. The lowest BCUT2D eigenvalue weighted by Crippen LogP contribution is -2.24. The number of aromatic nitrogens is 4. The van der Waals surface area contributed by atoms with Crippen LogP contribution in [0.4, 0.5) is 11.9 Å². The normalized spacial score (nSPS) is 10.2. The average Bonchev–Trinajstić information content (AvgIpc) is 2.53. The second kappa shape index (κ2) is 7.37. The van der Waals surface area contributed by atoms with E-state index in [-0.39, 0.29) is 0 Å². The molecule has 2 heterocycles. The molecule has 0 aliphatic carbocycles. The zero-order valence-electron chi connectivity index (χ0n) is 12.6. The molecule has 2 aromatic heterocycles. The average molecular weight is 288 g/mol. The van der Waals surface area contributed by atoms with Crippen LogP contribution in [0.25, 0.3) is 0 Å². The molecule has 0 saturated carbocycles. The standard InChI is InChI=1S/C14H20N6O/c1-4-15-12-17-13(19-14(18-12)21-3)20(2)10-8-11-7-5-6-9-16-11/h5-7,9H,4,8,10H2,1-3H3,(H,15,17,18,19). The van der Waals surface area contributed by atoms with Gasteiger partial charge < -0.3 is 15.0 Å². The van der Waals surface area contributed by atoms with Gasteiger partial charge in [0.2, 0.25) is 11.9 Å². The first-order valence-corrected chi connectivity index (χ1v) is 6.88. The zero-order chi connectivity index (χ0) is 15.1. The molecule has 0 saturated heterocycles. The van der Waals surface area contributed by atoms with Crippen LogP contribution in [0.2, 0.25) is 0 Å². The van der Waals surface area contributed by atoms with E-state index in [0.29, 0.717) is 17.9 Å². The Labute approximate surface area is 124 Å². The number of hydrogen-bond donors (Lipinski definition) is 1. The van der Waals surface area contributed by atoms with Crippen LogP contribution in [-0.2, 0) is 6.42 Å². The maximum Gasteiger partial charge on any atom is 0.322 e. The molecule has 21 heavy (non-hydrogen) atoms. The summed E-state index contributed by atoms with van der Waals surface area (Å²) < 4.78 is 5.11. The minimum atomic E-state index is 0.306. The van der Waals surface area contributed by atoms with Crippen molar-refractivity contribution in [2.24, 2.45) is 0 Å². The second-order valence-corrected chi connectivity index (χ2v) is 4.47. The van der Waals surface area contributed by atoms with E-state index >= 15 is 0 Å². The zero-order valence-corrected chi connectivity index (χ0v) is 12.6. The van der Waals surface area contributed by atoms with Crippen LogP contribution >= 0.6 is 0 Å². The van der Waals surface area contributed by atoms with E-state index in [4.69, 9.17) is 4.74 Å². The molecule has 2 aromatic rings. The molecule has 0 aliphatic rings. The summed E-state index contributed by atoms with van der Waals surface area (Å²) in [6.45, 7) is 3.49. The van der Waals surface area contributed by atoms with Gasteiger partial charge in [-0.25, -0.2) is 0 Å². The summed E-state index contributed by atoms with van der Waals surface area (Å²) in [7, 11) is 3.48. The molecule has 0 atom stereocenters. The topological polar surface area (TPSA) is 76.1 Å². The van der Waals surface area contributed by atoms with Crippen LogP contribution in [0.3, 0.4) is 0 Å². The Morgan fingerprint density at radius 2 is 2.10 bits per heavy atom. The van der Waals surface area contributed by atoms with E-state index in [2.05, 4.69) is 25.3 Å². The van der Waals surface area contributed by atoms with Gasteiger partial charge in [0, 0.05) is 38.4 Å². The van der Waals surface area contributed by atoms with Crippen molar-refractivity contribution in [2.75, 3.05) is 37.5 Å². The van der Waals surface area contributed by atoms with Crippen LogP contribution in [0.1, 0.15) is 12.6 Å². The largest absolute Gasteiger partial charge is 0.467 e. The number of nitrogens with zero attached hydrogens (tertiary/aromatic N) is 5. The van der Waals surface area contributed by atoms with Crippen LogP contribution in [0.15, 0.2) is 24.4 Å². The number of nitrogens with one attached hydrogen (secondary N) is 1. The minimum Gasteiger partial charge on any atom is -0.467 e. The third kappa shape index (κ3) is 4.27.